The summed E-state index contributed by atoms with van der Waals surface area (Å²) in [5, 5.41) is 12.4. The fourth-order valence-electron chi connectivity index (χ4n) is 2.01. The first-order valence-corrected chi connectivity index (χ1v) is 9.11. The van der Waals surface area contributed by atoms with Crippen molar-refractivity contribution in [2.45, 2.75) is 19.3 Å². The van der Waals surface area contributed by atoms with Crippen molar-refractivity contribution in [3.8, 4) is 5.75 Å². The van der Waals surface area contributed by atoms with Crippen molar-refractivity contribution in [3.05, 3.63) is 57.0 Å². The molecule has 0 aliphatic heterocycles. The van der Waals surface area contributed by atoms with Gasteiger partial charge in [-0.15, -0.1) is 0 Å². The number of phenols is 1. The molecule has 2 aromatic carbocycles. The van der Waals surface area contributed by atoms with E-state index in [0.717, 1.165) is 8.95 Å². The number of amides is 2. The van der Waals surface area contributed by atoms with Crippen LogP contribution in [-0.4, -0.2) is 23.1 Å². The molecule has 0 aliphatic rings. The first kappa shape index (κ1) is 19.3. The van der Waals surface area contributed by atoms with Crippen molar-refractivity contribution in [1.29, 1.82) is 0 Å². The molecule has 2 amide bonds. The fraction of sp³-hybridized carbons (Fsp3) is 0.167. The second-order valence-electron chi connectivity index (χ2n) is 5.24. The number of benzene rings is 2. The van der Waals surface area contributed by atoms with E-state index in [1.807, 2.05) is 12.1 Å². The van der Waals surface area contributed by atoms with E-state index < -0.39 is 0 Å². The van der Waals surface area contributed by atoms with E-state index in [0.29, 0.717) is 17.7 Å². The van der Waals surface area contributed by atoms with Crippen LogP contribution in [0.2, 0.25) is 0 Å². The smallest absolute Gasteiger partial charge is 0.245 e. The van der Waals surface area contributed by atoms with Crippen LogP contribution in [0.5, 0.6) is 5.75 Å². The third kappa shape index (κ3) is 6.80. The molecular weight excluding hydrogens is 452 g/mol. The molecule has 5 nitrogen and oxygen atoms in total. The lowest BCUT2D eigenvalue weighted by Crippen LogP contribution is -2.12. The highest BCUT2D eigenvalue weighted by Crippen LogP contribution is 2.21. The lowest BCUT2D eigenvalue weighted by atomic mass is 10.1. The molecule has 0 unspecified atom stereocenters. The number of aliphatic imine (C=N–C) groups is 1. The molecule has 0 saturated heterocycles. The molecule has 0 atom stereocenters. The summed E-state index contributed by atoms with van der Waals surface area (Å²) in [6.07, 6.45) is 1.87. The van der Waals surface area contributed by atoms with E-state index in [4.69, 9.17) is 0 Å². The summed E-state index contributed by atoms with van der Waals surface area (Å²) >= 11 is 6.64. The molecule has 0 aromatic heterocycles. The van der Waals surface area contributed by atoms with Gasteiger partial charge in [-0.25, -0.2) is 4.99 Å². The Morgan fingerprint density at radius 1 is 1.04 bits per heavy atom. The number of aromatic hydroxyl groups is 1. The van der Waals surface area contributed by atoms with Gasteiger partial charge in [0, 0.05) is 45.7 Å². The standard InChI is InChI=1S/C18H16Br2N2O3/c19-13-1-4-15(5-2-13)22-18(25)8-7-17(24)21-10-9-12-11-14(20)3-6-16(12)23/h1-6,10-11,23H,7-9H2,(H,22,25)/b21-10+. The van der Waals surface area contributed by atoms with Gasteiger partial charge in [0.1, 0.15) is 5.75 Å². The number of nitrogens with one attached hydrogen (secondary N) is 1. The molecule has 2 rings (SSSR count). The van der Waals surface area contributed by atoms with Crippen LogP contribution in [0, 0.1) is 0 Å². The van der Waals surface area contributed by atoms with E-state index in [1.54, 1.807) is 30.3 Å². The highest BCUT2D eigenvalue weighted by atomic mass is 79.9. The van der Waals surface area contributed by atoms with Gasteiger partial charge >= 0.3 is 0 Å². The van der Waals surface area contributed by atoms with Crippen LogP contribution in [0.25, 0.3) is 0 Å². The Balaban J connectivity index is 1.77. The molecule has 0 fully saturated rings. The normalized spacial score (nSPS) is 10.8. The molecule has 7 heteroatoms. The van der Waals surface area contributed by atoms with Crippen LogP contribution >= 0.6 is 31.9 Å². The van der Waals surface area contributed by atoms with Crippen molar-refractivity contribution < 1.29 is 14.7 Å². The molecule has 0 heterocycles. The number of hydrogen-bond acceptors (Lipinski definition) is 3. The van der Waals surface area contributed by atoms with Gasteiger partial charge in [0.15, 0.2) is 0 Å². The van der Waals surface area contributed by atoms with Crippen LogP contribution in [0.1, 0.15) is 18.4 Å². The van der Waals surface area contributed by atoms with Crippen molar-refractivity contribution in [2.24, 2.45) is 4.99 Å². The first-order valence-electron chi connectivity index (χ1n) is 7.52. The number of rotatable bonds is 6. The van der Waals surface area contributed by atoms with Gasteiger partial charge < -0.3 is 10.4 Å². The quantitative estimate of drug-likeness (QED) is 0.615. The van der Waals surface area contributed by atoms with Crippen molar-refractivity contribution in [3.63, 3.8) is 0 Å². The summed E-state index contributed by atoms with van der Waals surface area (Å²) in [5.41, 5.74) is 1.34. The predicted molar refractivity (Wildman–Crippen MR) is 105 cm³/mol. The number of hydrogen-bond donors (Lipinski definition) is 2. The van der Waals surface area contributed by atoms with Gasteiger partial charge in [0.25, 0.3) is 0 Å². The second kappa shape index (κ2) is 9.48. The van der Waals surface area contributed by atoms with Crippen molar-refractivity contribution in [1.82, 2.24) is 0 Å². The Kier molecular flexibility index (Phi) is 7.33. The zero-order chi connectivity index (χ0) is 18.2. The number of carbonyl (C=O) groups is 2. The molecule has 2 aromatic rings. The van der Waals surface area contributed by atoms with Gasteiger partial charge in [-0.3, -0.25) is 9.59 Å². The van der Waals surface area contributed by atoms with Gasteiger partial charge in [-0.1, -0.05) is 31.9 Å². The molecular formula is C18H16Br2N2O3. The highest BCUT2D eigenvalue weighted by molar-refractivity contribution is 9.10. The zero-order valence-corrected chi connectivity index (χ0v) is 16.4. The highest BCUT2D eigenvalue weighted by Gasteiger charge is 2.06. The average Bonchev–Trinajstić information content (AvgIpc) is 2.58. The van der Waals surface area contributed by atoms with Gasteiger partial charge in [-0.05, 0) is 42.5 Å². The van der Waals surface area contributed by atoms with Crippen molar-refractivity contribution >= 4 is 55.6 Å². The molecule has 0 radical (unpaired) electrons. The maximum atomic E-state index is 11.8. The van der Waals surface area contributed by atoms with E-state index in [1.165, 1.54) is 6.21 Å². The Hall–Kier alpha value is -1.99. The summed E-state index contributed by atoms with van der Waals surface area (Å²) in [7, 11) is 0. The molecule has 0 bridgehead atoms. The fourth-order valence-corrected chi connectivity index (χ4v) is 2.68. The monoisotopic (exact) mass is 466 g/mol. The van der Waals surface area contributed by atoms with Crippen LogP contribution in [-0.2, 0) is 16.0 Å². The average molecular weight is 468 g/mol. The largest absolute Gasteiger partial charge is 0.508 e. The summed E-state index contributed by atoms with van der Waals surface area (Å²) in [5.74, 6) is -0.466. The van der Waals surface area contributed by atoms with Crippen LogP contribution in [0.4, 0.5) is 5.69 Å². The lowest BCUT2D eigenvalue weighted by molar-refractivity contribution is -0.122. The number of anilines is 1. The Morgan fingerprint density at radius 2 is 1.72 bits per heavy atom. The second-order valence-corrected chi connectivity index (χ2v) is 7.07. The minimum absolute atomic E-state index is 0.0311. The summed E-state index contributed by atoms with van der Waals surface area (Å²) < 4.78 is 1.76. The lowest BCUT2D eigenvalue weighted by Gasteiger charge is -2.04. The summed E-state index contributed by atoms with van der Waals surface area (Å²) in [4.78, 5) is 27.3. The predicted octanol–water partition coefficient (Wildman–Crippen LogP) is 4.48. The molecule has 0 aliphatic carbocycles. The number of carbonyl (C=O) groups excluding carboxylic acids is 2. The topological polar surface area (TPSA) is 78.8 Å². The molecule has 25 heavy (non-hydrogen) atoms. The maximum Gasteiger partial charge on any atom is 0.245 e. The van der Waals surface area contributed by atoms with Crippen LogP contribution in [0.3, 0.4) is 0 Å². The minimum atomic E-state index is -0.375. The van der Waals surface area contributed by atoms with E-state index in [9.17, 15) is 14.7 Å². The van der Waals surface area contributed by atoms with Gasteiger partial charge in [-0.2, -0.15) is 0 Å². The van der Waals surface area contributed by atoms with Crippen LogP contribution in [0.15, 0.2) is 56.4 Å². The first-order chi connectivity index (χ1) is 11.9. The zero-order valence-electron chi connectivity index (χ0n) is 13.2. The molecule has 0 saturated carbocycles. The van der Waals surface area contributed by atoms with E-state index >= 15 is 0 Å². The Bertz CT molecular complexity index is 789. The molecule has 2 N–H and O–H groups in total. The molecule has 130 valence electrons. The van der Waals surface area contributed by atoms with E-state index in [-0.39, 0.29) is 30.4 Å². The number of nitrogens with zero attached hydrogens (tertiary/aromatic N) is 1. The van der Waals surface area contributed by atoms with Gasteiger partial charge in [0.05, 0.1) is 0 Å². The van der Waals surface area contributed by atoms with Crippen molar-refractivity contribution in [2.75, 3.05) is 5.32 Å². The SMILES string of the molecule is O=C(CCC(=O)Nc1ccc(Br)cc1)/N=C/Cc1cc(Br)ccc1O. The summed E-state index contributed by atoms with van der Waals surface area (Å²) in [6, 6.07) is 12.2. The third-order valence-electron chi connectivity index (χ3n) is 3.28. The Morgan fingerprint density at radius 3 is 2.44 bits per heavy atom. The summed E-state index contributed by atoms with van der Waals surface area (Å²) in [6.45, 7) is 0. The molecule has 0 spiro atoms. The van der Waals surface area contributed by atoms with Crippen LogP contribution < -0.4 is 5.32 Å². The maximum absolute atomic E-state index is 11.8. The third-order valence-corrected chi connectivity index (χ3v) is 4.30. The van der Waals surface area contributed by atoms with E-state index in [2.05, 4.69) is 42.2 Å². The Labute approximate surface area is 162 Å². The number of phenolic OH excluding ortho intramolecular Hbond substituents is 1. The van der Waals surface area contributed by atoms with Gasteiger partial charge in [0.2, 0.25) is 11.8 Å². The number of halogens is 2. The minimum Gasteiger partial charge on any atom is -0.508 e.